The Labute approximate surface area is 173 Å². The van der Waals surface area contributed by atoms with Crippen molar-refractivity contribution in [3.63, 3.8) is 0 Å². The Hall–Kier alpha value is -1.04. The number of nitrogens with zero attached hydrogens (tertiary/aromatic N) is 2. The number of carbonyl (C=O) groups is 1. The van der Waals surface area contributed by atoms with E-state index >= 15 is 0 Å². The van der Waals surface area contributed by atoms with Gasteiger partial charge in [-0.1, -0.05) is 32.5 Å². The van der Waals surface area contributed by atoms with Gasteiger partial charge in [0.2, 0.25) is 11.8 Å². The molecule has 156 valence electrons. The molecule has 0 unspecified atom stereocenters. The normalized spacial score (nSPS) is 32.0. The maximum absolute atomic E-state index is 12.4. The lowest BCUT2D eigenvalue weighted by atomic mass is 9.49. The predicted molar refractivity (Wildman–Crippen MR) is 111 cm³/mol. The van der Waals surface area contributed by atoms with E-state index in [-0.39, 0.29) is 22.3 Å². The van der Waals surface area contributed by atoms with E-state index in [1.807, 2.05) is 0 Å². The van der Waals surface area contributed by atoms with Crippen molar-refractivity contribution in [3.8, 4) is 0 Å². The minimum Gasteiger partial charge on any atom is -0.415 e. The third-order valence-electron chi connectivity index (χ3n) is 6.68. The summed E-state index contributed by atoms with van der Waals surface area (Å²) in [6, 6.07) is 0. The molecule has 4 saturated carbocycles. The molecule has 5 rings (SSSR count). The van der Waals surface area contributed by atoms with Crippen molar-refractivity contribution >= 4 is 17.7 Å². The van der Waals surface area contributed by atoms with Gasteiger partial charge in [0.25, 0.3) is 5.22 Å². The van der Waals surface area contributed by atoms with Crippen molar-refractivity contribution in [2.45, 2.75) is 95.7 Å². The number of carbonyl (C=O) groups excluding carboxylic acids is 1. The van der Waals surface area contributed by atoms with Gasteiger partial charge in [-0.3, -0.25) is 4.79 Å². The van der Waals surface area contributed by atoms with Crippen LogP contribution in [-0.2, 0) is 10.2 Å². The number of hydrogen-bond donors (Lipinski definition) is 1. The molecular weight excluding hydrogens is 370 g/mol. The van der Waals surface area contributed by atoms with Gasteiger partial charge in [0.15, 0.2) is 0 Å². The Morgan fingerprint density at radius 3 is 2.18 bits per heavy atom. The number of thioether (sulfide) groups is 1. The van der Waals surface area contributed by atoms with Gasteiger partial charge in [-0.2, -0.15) is 0 Å². The molecule has 0 saturated heterocycles. The van der Waals surface area contributed by atoms with Gasteiger partial charge in [-0.15, -0.1) is 10.2 Å². The Balaban J connectivity index is 1.34. The molecule has 4 aliphatic carbocycles. The van der Waals surface area contributed by atoms with Crippen molar-refractivity contribution in [2.75, 3.05) is 5.75 Å². The summed E-state index contributed by atoms with van der Waals surface area (Å²) in [5, 5.41) is 12.4. The summed E-state index contributed by atoms with van der Waals surface area (Å²) in [4.78, 5) is 12.4. The molecular formula is C22H35N3O2S. The maximum Gasteiger partial charge on any atom is 0.277 e. The van der Waals surface area contributed by atoms with Crippen LogP contribution in [0.3, 0.4) is 0 Å². The molecule has 1 heterocycles. The highest BCUT2D eigenvalue weighted by molar-refractivity contribution is 7.99. The highest BCUT2D eigenvalue weighted by atomic mass is 32.2. The first-order valence-corrected chi connectivity index (χ1v) is 11.8. The van der Waals surface area contributed by atoms with Crippen molar-refractivity contribution in [3.05, 3.63) is 5.89 Å². The third-order valence-corrected chi connectivity index (χ3v) is 7.49. The van der Waals surface area contributed by atoms with Crippen molar-refractivity contribution in [1.82, 2.24) is 15.5 Å². The fourth-order valence-electron chi connectivity index (χ4n) is 6.77. The highest BCUT2D eigenvalue weighted by Crippen LogP contribution is 2.60. The Morgan fingerprint density at radius 2 is 1.64 bits per heavy atom. The molecule has 1 aromatic rings. The Morgan fingerprint density at radius 1 is 1.07 bits per heavy atom. The molecule has 28 heavy (non-hydrogen) atoms. The molecule has 4 fully saturated rings. The quantitative estimate of drug-likeness (QED) is 0.678. The van der Waals surface area contributed by atoms with E-state index in [2.05, 4.69) is 50.1 Å². The van der Waals surface area contributed by atoms with Gasteiger partial charge in [-0.25, -0.2) is 0 Å². The number of nitrogens with one attached hydrogen (secondary N) is 1. The molecule has 0 aliphatic heterocycles. The molecule has 1 aromatic heterocycles. The van der Waals surface area contributed by atoms with Crippen LogP contribution in [0.1, 0.15) is 85.5 Å². The zero-order valence-corrected chi connectivity index (χ0v) is 18.8. The van der Waals surface area contributed by atoms with Crippen LogP contribution in [0.15, 0.2) is 9.64 Å². The van der Waals surface area contributed by atoms with Crippen LogP contribution >= 0.6 is 11.8 Å². The minimum absolute atomic E-state index is 0.0220. The van der Waals surface area contributed by atoms with E-state index < -0.39 is 0 Å². The fourth-order valence-corrected chi connectivity index (χ4v) is 7.33. The minimum atomic E-state index is -0.227. The van der Waals surface area contributed by atoms with Crippen LogP contribution in [0.4, 0.5) is 0 Å². The second-order valence-electron chi connectivity index (χ2n) is 11.5. The Kier molecular flexibility index (Phi) is 5.08. The topological polar surface area (TPSA) is 68.0 Å². The summed E-state index contributed by atoms with van der Waals surface area (Å²) >= 11 is 1.36. The lowest BCUT2D eigenvalue weighted by Crippen LogP contribution is -2.48. The average molecular weight is 406 g/mol. The Bertz CT molecular complexity index is 699. The van der Waals surface area contributed by atoms with Gasteiger partial charge < -0.3 is 9.73 Å². The lowest BCUT2D eigenvalue weighted by Gasteiger charge is -2.55. The standard InChI is InChI=1S/C22H35N3O2S/c1-20(2,3)13-21(4,5)23-17(26)12-28-19-25-24-18(27-19)22-9-14-6-15(10-22)8-16(7-14)11-22/h14-16H,6-13H2,1-5H3,(H,23,26). The number of rotatable bonds is 6. The van der Waals surface area contributed by atoms with Crippen LogP contribution in [0.2, 0.25) is 0 Å². The first kappa shape index (κ1) is 20.2. The summed E-state index contributed by atoms with van der Waals surface area (Å²) < 4.78 is 6.09. The van der Waals surface area contributed by atoms with Crippen molar-refractivity contribution in [1.29, 1.82) is 0 Å². The second kappa shape index (κ2) is 7.03. The summed E-state index contributed by atoms with van der Waals surface area (Å²) in [6.45, 7) is 10.7. The molecule has 0 spiro atoms. The molecule has 0 aromatic carbocycles. The number of aromatic nitrogens is 2. The highest BCUT2D eigenvalue weighted by Gasteiger charge is 2.54. The molecule has 4 bridgehead atoms. The molecule has 6 heteroatoms. The second-order valence-corrected chi connectivity index (χ2v) is 12.5. The first-order valence-electron chi connectivity index (χ1n) is 10.8. The largest absolute Gasteiger partial charge is 0.415 e. The summed E-state index contributed by atoms with van der Waals surface area (Å²) in [7, 11) is 0. The van der Waals surface area contributed by atoms with Gasteiger partial charge in [0, 0.05) is 11.0 Å². The van der Waals surface area contributed by atoms with E-state index in [1.165, 1.54) is 50.3 Å². The molecule has 1 amide bonds. The fraction of sp³-hybridized carbons (Fsp3) is 0.864. The van der Waals surface area contributed by atoms with E-state index in [0.717, 1.165) is 30.1 Å². The summed E-state index contributed by atoms with van der Waals surface area (Å²) in [5.74, 6) is 3.73. The van der Waals surface area contributed by atoms with E-state index in [4.69, 9.17) is 4.42 Å². The van der Waals surface area contributed by atoms with Crippen LogP contribution in [0.25, 0.3) is 0 Å². The first-order chi connectivity index (χ1) is 13.0. The molecule has 1 N–H and O–H groups in total. The molecule has 4 aliphatic rings. The zero-order valence-electron chi connectivity index (χ0n) is 18.0. The smallest absolute Gasteiger partial charge is 0.277 e. The van der Waals surface area contributed by atoms with E-state index in [0.29, 0.717) is 11.0 Å². The van der Waals surface area contributed by atoms with Crippen LogP contribution < -0.4 is 5.32 Å². The zero-order chi connectivity index (χ0) is 20.2. The lowest BCUT2D eigenvalue weighted by molar-refractivity contribution is -0.120. The van der Waals surface area contributed by atoms with Crippen LogP contribution in [0, 0.1) is 23.2 Å². The molecule has 0 atom stereocenters. The van der Waals surface area contributed by atoms with Crippen molar-refractivity contribution in [2.24, 2.45) is 23.2 Å². The van der Waals surface area contributed by atoms with Crippen molar-refractivity contribution < 1.29 is 9.21 Å². The maximum atomic E-state index is 12.4. The third kappa shape index (κ3) is 4.42. The van der Waals surface area contributed by atoms with Gasteiger partial charge >= 0.3 is 0 Å². The summed E-state index contributed by atoms with van der Waals surface area (Å²) in [6.07, 6.45) is 8.78. The van der Waals surface area contributed by atoms with Gasteiger partial charge in [-0.05, 0) is 82.0 Å². The van der Waals surface area contributed by atoms with Gasteiger partial charge in [0.1, 0.15) is 0 Å². The monoisotopic (exact) mass is 405 g/mol. The average Bonchev–Trinajstić information content (AvgIpc) is 2.98. The number of amides is 1. The summed E-state index contributed by atoms with van der Waals surface area (Å²) in [5.41, 5.74) is 0.0653. The van der Waals surface area contributed by atoms with E-state index in [1.54, 1.807) is 0 Å². The van der Waals surface area contributed by atoms with Gasteiger partial charge in [0.05, 0.1) is 5.75 Å². The number of hydrogen-bond acceptors (Lipinski definition) is 5. The molecule has 5 nitrogen and oxygen atoms in total. The van der Waals surface area contributed by atoms with E-state index in [9.17, 15) is 4.79 Å². The van der Waals surface area contributed by atoms with Crippen LogP contribution in [0.5, 0.6) is 0 Å². The molecule has 0 radical (unpaired) electrons. The SMILES string of the molecule is CC(C)(C)CC(C)(C)NC(=O)CSc1nnc(C23CC4CC(CC(C4)C2)C3)o1. The van der Waals surface area contributed by atoms with Crippen LogP contribution in [-0.4, -0.2) is 27.4 Å². The predicted octanol–water partition coefficient (Wildman–Crippen LogP) is 4.96.